The quantitative estimate of drug-likeness (QED) is 0.0261. The summed E-state index contributed by atoms with van der Waals surface area (Å²) in [5.41, 5.74) is 0. The van der Waals surface area contributed by atoms with E-state index in [-0.39, 0.29) is 31.1 Å². The van der Waals surface area contributed by atoms with Crippen LogP contribution in [0.5, 0.6) is 0 Å². The minimum atomic E-state index is -0.789. The molecular formula is C68H114O6. The molecule has 0 N–H and O–H groups in total. The van der Waals surface area contributed by atoms with Crippen molar-refractivity contribution in [1.82, 2.24) is 0 Å². The molecule has 0 aliphatic rings. The van der Waals surface area contributed by atoms with Gasteiger partial charge in [0, 0.05) is 19.3 Å². The Labute approximate surface area is 457 Å². The summed E-state index contributed by atoms with van der Waals surface area (Å²) in [6.07, 6.45) is 84.0. The monoisotopic (exact) mass is 1030 g/mol. The maximum Gasteiger partial charge on any atom is 0.306 e. The van der Waals surface area contributed by atoms with Crippen molar-refractivity contribution in [2.24, 2.45) is 0 Å². The molecule has 0 amide bonds. The summed E-state index contributed by atoms with van der Waals surface area (Å²) in [6.45, 7) is 6.37. The van der Waals surface area contributed by atoms with E-state index in [1.807, 2.05) is 0 Å². The van der Waals surface area contributed by atoms with Crippen LogP contribution in [0.4, 0.5) is 0 Å². The number of carbonyl (C=O) groups excluding carboxylic acids is 3. The highest BCUT2D eigenvalue weighted by atomic mass is 16.6. The van der Waals surface area contributed by atoms with Crippen LogP contribution in [-0.4, -0.2) is 37.2 Å². The van der Waals surface area contributed by atoms with Crippen molar-refractivity contribution in [3.63, 3.8) is 0 Å². The van der Waals surface area contributed by atoms with Crippen molar-refractivity contribution in [2.45, 2.75) is 290 Å². The van der Waals surface area contributed by atoms with Crippen LogP contribution in [0.15, 0.2) is 109 Å². The fourth-order valence-corrected chi connectivity index (χ4v) is 8.46. The van der Waals surface area contributed by atoms with Gasteiger partial charge in [-0.05, 0) is 103 Å². The molecular weight excluding hydrogens is 913 g/mol. The molecule has 0 aromatic heterocycles. The van der Waals surface area contributed by atoms with Crippen molar-refractivity contribution in [3.05, 3.63) is 109 Å². The summed E-state index contributed by atoms with van der Waals surface area (Å²) < 4.78 is 16.8. The van der Waals surface area contributed by atoms with Gasteiger partial charge in [-0.25, -0.2) is 0 Å². The van der Waals surface area contributed by atoms with E-state index in [0.717, 1.165) is 128 Å². The largest absolute Gasteiger partial charge is 0.462 e. The molecule has 0 aliphatic heterocycles. The van der Waals surface area contributed by atoms with Crippen LogP contribution < -0.4 is 0 Å². The molecule has 6 nitrogen and oxygen atoms in total. The van der Waals surface area contributed by atoms with Crippen LogP contribution in [-0.2, 0) is 28.6 Å². The molecule has 422 valence electrons. The molecule has 74 heavy (non-hydrogen) atoms. The summed E-state index contributed by atoms with van der Waals surface area (Å²) >= 11 is 0. The molecule has 1 unspecified atom stereocenters. The van der Waals surface area contributed by atoms with Crippen LogP contribution in [0.25, 0.3) is 0 Å². The molecule has 0 spiro atoms. The average Bonchev–Trinajstić information content (AvgIpc) is 3.40. The standard InChI is InChI=1S/C68H114O6/c1-4-7-10-13-16-19-21-23-25-27-28-29-30-31-32-33-34-35-36-37-38-39-40-42-43-45-47-49-52-55-58-61-67(70)73-64-65(63-72-66(69)60-57-54-51-18-15-12-9-6-3)74-68(71)62-59-56-53-50-48-46-44-41-26-24-22-20-17-14-11-8-5-2/h7-8,10-11,16-17,19-20,23-26,28-29,31-32,44,46,65H,4-6,9,12-15,18,21-22,27,30,33-43,45,47-64H2,1-3H3/b10-7-,11-8-,19-16-,20-17-,25-23-,26-24-,29-28-,32-31-,46-44-. The Morgan fingerprint density at radius 1 is 0.284 bits per heavy atom. The first-order valence-corrected chi connectivity index (χ1v) is 30.9. The van der Waals surface area contributed by atoms with Gasteiger partial charge in [0.1, 0.15) is 13.2 Å². The maximum absolute atomic E-state index is 12.8. The summed E-state index contributed by atoms with van der Waals surface area (Å²) in [5, 5.41) is 0. The van der Waals surface area contributed by atoms with E-state index in [4.69, 9.17) is 14.2 Å². The first kappa shape index (κ1) is 70.1. The number of ether oxygens (including phenoxy) is 3. The molecule has 0 rings (SSSR count). The minimum Gasteiger partial charge on any atom is -0.462 e. The summed E-state index contributed by atoms with van der Waals surface area (Å²) in [7, 11) is 0. The minimum absolute atomic E-state index is 0.0861. The third-order valence-corrected chi connectivity index (χ3v) is 13.0. The van der Waals surface area contributed by atoms with Crippen molar-refractivity contribution < 1.29 is 28.6 Å². The van der Waals surface area contributed by atoms with E-state index < -0.39 is 6.10 Å². The lowest BCUT2D eigenvalue weighted by atomic mass is 10.0. The van der Waals surface area contributed by atoms with Crippen LogP contribution in [0.3, 0.4) is 0 Å². The summed E-state index contributed by atoms with van der Waals surface area (Å²) in [4.78, 5) is 38.1. The second kappa shape index (κ2) is 61.6. The van der Waals surface area contributed by atoms with Gasteiger partial charge in [0.15, 0.2) is 6.10 Å². The van der Waals surface area contributed by atoms with Gasteiger partial charge in [-0.15, -0.1) is 0 Å². The normalized spacial score (nSPS) is 12.9. The number of esters is 3. The smallest absolute Gasteiger partial charge is 0.306 e. The average molecular weight is 1030 g/mol. The zero-order valence-electron chi connectivity index (χ0n) is 48.3. The van der Waals surface area contributed by atoms with Crippen LogP contribution >= 0.6 is 0 Å². The third-order valence-electron chi connectivity index (χ3n) is 13.0. The molecule has 0 radical (unpaired) electrons. The van der Waals surface area contributed by atoms with Gasteiger partial charge in [0.25, 0.3) is 0 Å². The number of carbonyl (C=O) groups is 3. The fraction of sp³-hybridized carbons (Fsp3) is 0.691. The number of hydrogen-bond acceptors (Lipinski definition) is 6. The second-order valence-electron chi connectivity index (χ2n) is 20.2. The van der Waals surface area contributed by atoms with Gasteiger partial charge in [-0.3, -0.25) is 14.4 Å². The van der Waals surface area contributed by atoms with E-state index in [0.29, 0.717) is 19.3 Å². The Hall–Kier alpha value is -3.93. The molecule has 1 atom stereocenters. The van der Waals surface area contributed by atoms with Gasteiger partial charge < -0.3 is 14.2 Å². The van der Waals surface area contributed by atoms with E-state index in [2.05, 4.69) is 130 Å². The SMILES string of the molecule is CC/C=C\C/C=C\C/C=C\C/C=C\C/C=C\CCCCCCCCCCCCCCCCCC(=O)OCC(COC(=O)CCCCCCCCCC)OC(=O)CCCCCC/C=C\C/C=C\C/C=C\C/C=C\CC. The van der Waals surface area contributed by atoms with Crippen molar-refractivity contribution in [1.29, 1.82) is 0 Å². The maximum atomic E-state index is 12.8. The number of hydrogen-bond donors (Lipinski definition) is 0. The zero-order chi connectivity index (χ0) is 53.6. The number of rotatable bonds is 55. The van der Waals surface area contributed by atoms with Gasteiger partial charge in [-0.2, -0.15) is 0 Å². The van der Waals surface area contributed by atoms with E-state index in [1.165, 1.54) is 116 Å². The predicted molar refractivity (Wildman–Crippen MR) is 320 cm³/mol. The number of allylic oxidation sites excluding steroid dienone is 18. The van der Waals surface area contributed by atoms with Gasteiger partial charge >= 0.3 is 17.9 Å². The van der Waals surface area contributed by atoms with Crippen molar-refractivity contribution in [3.8, 4) is 0 Å². The molecule has 0 saturated carbocycles. The highest BCUT2D eigenvalue weighted by Gasteiger charge is 2.19. The van der Waals surface area contributed by atoms with E-state index in [1.54, 1.807) is 0 Å². The molecule has 0 bridgehead atoms. The third kappa shape index (κ3) is 59.0. The molecule has 0 aliphatic carbocycles. The van der Waals surface area contributed by atoms with Crippen LogP contribution in [0, 0.1) is 0 Å². The Morgan fingerprint density at radius 3 is 0.824 bits per heavy atom. The fourth-order valence-electron chi connectivity index (χ4n) is 8.46. The topological polar surface area (TPSA) is 78.9 Å². The van der Waals surface area contributed by atoms with Crippen molar-refractivity contribution in [2.75, 3.05) is 13.2 Å². The molecule has 0 aromatic rings. The molecule has 6 heteroatoms. The van der Waals surface area contributed by atoms with E-state index in [9.17, 15) is 14.4 Å². The van der Waals surface area contributed by atoms with Crippen molar-refractivity contribution >= 4 is 17.9 Å². The first-order chi connectivity index (χ1) is 36.5. The summed E-state index contributed by atoms with van der Waals surface area (Å²) in [6, 6.07) is 0. The lowest BCUT2D eigenvalue weighted by Gasteiger charge is -2.18. The lowest BCUT2D eigenvalue weighted by molar-refractivity contribution is -0.167. The van der Waals surface area contributed by atoms with Gasteiger partial charge in [0.2, 0.25) is 0 Å². The van der Waals surface area contributed by atoms with Crippen LogP contribution in [0.1, 0.15) is 284 Å². The lowest BCUT2D eigenvalue weighted by Crippen LogP contribution is -2.30. The highest BCUT2D eigenvalue weighted by molar-refractivity contribution is 5.71. The predicted octanol–water partition coefficient (Wildman–Crippen LogP) is 21.0. The Balaban J connectivity index is 4.14. The number of unbranched alkanes of at least 4 members (excludes halogenated alkanes) is 26. The first-order valence-electron chi connectivity index (χ1n) is 30.9. The molecule has 0 heterocycles. The van der Waals surface area contributed by atoms with Gasteiger partial charge in [-0.1, -0.05) is 271 Å². The van der Waals surface area contributed by atoms with Crippen LogP contribution in [0.2, 0.25) is 0 Å². The van der Waals surface area contributed by atoms with Gasteiger partial charge in [0.05, 0.1) is 0 Å². The Morgan fingerprint density at radius 2 is 0.527 bits per heavy atom. The second-order valence-corrected chi connectivity index (χ2v) is 20.2. The van der Waals surface area contributed by atoms with E-state index >= 15 is 0 Å². The zero-order valence-corrected chi connectivity index (χ0v) is 48.3. The Bertz CT molecular complexity index is 1510. The highest BCUT2D eigenvalue weighted by Crippen LogP contribution is 2.16. The molecule has 0 aromatic carbocycles. The molecule has 0 saturated heterocycles. The molecule has 0 fully saturated rings. The Kier molecular flexibility index (Phi) is 58.3. The summed E-state index contributed by atoms with van der Waals surface area (Å²) in [5.74, 6) is -0.910.